The molecule has 0 spiro atoms. The summed E-state index contributed by atoms with van der Waals surface area (Å²) < 4.78 is 13.4. The molecule has 2 nitrogen and oxygen atoms in total. The van der Waals surface area contributed by atoms with Gasteiger partial charge in [-0.05, 0) is 36.5 Å². The van der Waals surface area contributed by atoms with E-state index in [1.807, 2.05) is 6.92 Å². The molecule has 0 radical (unpaired) electrons. The molecule has 0 saturated carbocycles. The Bertz CT molecular complexity index is 507. The summed E-state index contributed by atoms with van der Waals surface area (Å²) in [6, 6.07) is 6.25. The van der Waals surface area contributed by atoms with Gasteiger partial charge in [0, 0.05) is 11.0 Å². The van der Waals surface area contributed by atoms with Crippen LogP contribution in [0.25, 0.3) is 0 Å². The maximum Gasteiger partial charge on any atom is 0.332 e. The van der Waals surface area contributed by atoms with Crippen LogP contribution in [-0.2, 0) is 10.2 Å². The van der Waals surface area contributed by atoms with Gasteiger partial charge >= 0.3 is 5.97 Å². The molecule has 1 aromatic carbocycles. The smallest absolute Gasteiger partial charge is 0.332 e. The SMILES string of the molecule is C[C@H]1CC=C(C(=O)O)[C@](C)(c2cccc(F)c2)C1. The fourth-order valence-electron chi connectivity index (χ4n) is 2.86. The predicted molar refractivity (Wildman–Crippen MR) is 67.9 cm³/mol. The molecule has 18 heavy (non-hydrogen) atoms. The number of benzene rings is 1. The van der Waals surface area contributed by atoms with Crippen molar-refractivity contribution in [2.45, 2.75) is 32.1 Å². The number of rotatable bonds is 2. The van der Waals surface area contributed by atoms with Crippen molar-refractivity contribution in [3.8, 4) is 0 Å². The van der Waals surface area contributed by atoms with Gasteiger partial charge in [0.25, 0.3) is 0 Å². The second kappa shape index (κ2) is 4.56. The number of aliphatic carboxylic acids is 1. The summed E-state index contributed by atoms with van der Waals surface area (Å²) in [7, 11) is 0. The summed E-state index contributed by atoms with van der Waals surface area (Å²) >= 11 is 0. The molecule has 0 unspecified atom stereocenters. The van der Waals surface area contributed by atoms with E-state index in [1.165, 1.54) is 12.1 Å². The minimum atomic E-state index is -0.909. The third kappa shape index (κ3) is 2.17. The summed E-state index contributed by atoms with van der Waals surface area (Å²) in [6.45, 7) is 3.98. The number of carbonyl (C=O) groups is 1. The fraction of sp³-hybridized carbons (Fsp3) is 0.400. The second-order valence-electron chi connectivity index (χ2n) is 5.31. The lowest BCUT2D eigenvalue weighted by Gasteiger charge is -2.37. The van der Waals surface area contributed by atoms with Crippen molar-refractivity contribution < 1.29 is 14.3 Å². The molecule has 1 N–H and O–H groups in total. The number of hydrogen-bond donors (Lipinski definition) is 1. The number of carboxylic acid groups (broad SMARTS) is 1. The molecule has 0 heterocycles. The number of hydrogen-bond acceptors (Lipinski definition) is 1. The average Bonchev–Trinajstić information content (AvgIpc) is 2.28. The van der Waals surface area contributed by atoms with Gasteiger partial charge in [-0.3, -0.25) is 0 Å². The molecular formula is C15H17FO2. The van der Waals surface area contributed by atoms with E-state index in [4.69, 9.17) is 0 Å². The zero-order valence-corrected chi connectivity index (χ0v) is 10.6. The molecule has 0 saturated heterocycles. The standard InChI is InChI=1S/C15H17FO2/c1-10-6-7-13(14(17)18)15(2,9-10)11-4-3-5-12(16)8-11/h3-5,7-8,10H,6,9H2,1-2H3,(H,17,18)/t10-,15-/m0/s1. The van der Waals surface area contributed by atoms with Crippen molar-refractivity contribution in [2.24, 2.45) is 5.92 Å². The first-order chi connectivity index (χ1) is 8.43. The first-order valence-electron chi connectivity index (χ1n) is 6.13. The highest BCUT2D eigenvalue weighted by Gasteiger charge is 2.38. The maximum absolute atomic E-state index is 13.4. The van der Waals surface area contributed by atoms with Gasteiger partial charge in [0.05, 0.1) is 0 Å². The Labute approximate surface area is 106 Å². The molecule has 1 aromatic rings. The quantitative estimate of drug-likeness (QED) is 0.869. The van der Waals surface area contributed by atoms with Crippen LogP contribution in [0.3, 0.4) is 0 Å². The van der Waals surface area contributed by atoms with Gasteiger partial charge in [0.1, 0.15) is 5.82 Å². The van der Waals surface area contributed by atoms with Gasteiger partial charge in [-0.25, -0.2) is 9.18 Å². The van der Waals surface area contributed by atoms with Crippen molar-refractivity contribution in [1.82, 2.24) is 0 Å². The van der Waals surface area contributed by atoms with Crippen LogP contribution in [0.2, 0.25) is 0 Å². The van der Waals surface area contributed by atoms with Gasteiger partial charge in [-0.1, -0.05) is 32.1 Å². The number of halogens is 1. The Morgan fingerprint density at radius 3 is 2.83 bits per heavy atom. The van der Waals surface area contributed by atoms with E-state index in [2.05, 4.69) is 6.92 Å². The Morgan fingerprint density at radius 2 is 2.22 bits per heavy atom. The summed E-state index contributed by atoms with van der Waals surface area (Å²) in [5, 5.41) is 9.33. The van der Waals surface area contributed by atoms with Crippen molar-refractivity contribution in [3.63, 3.8) is 0 Å². The van der Waals surface area contributed by atoms with Crippen molar-refractivity contribution in [2.75, 3.05) is 0 Å². The molecule has 96 valence electrons. The fourth-order valence-corrected chi connectivity index (χ4v) is 2.86. The Kier molecular flexibility index (Phi) is 3.24. The van der Waals surface area contributed by atoms with E-state index in [-0.39, 0.29) is 5.82 Å². The van der Waals surface area contributed by atoms with Crippen LogP contribution in [0.1, 0.15) is 32.3 Å². The molecule has 0 aliphatic heterocycles. The lowest BCUT2D eigenvalue weighted by atomic mass is 9.66. The van der Waals surface area contributed by atoms with Gasteiger partial charge in [0.2, 0.25) is 0 Å². The van der Waals surface area contributed by atoms with E-state index in [1.54, 1.807) is 18.2 Å². The highest BCUT2D eigenvalue weighted by atomic mass is 19.1. The molecular weight excluding hydrogens is 231 g/mol. The van der Waals surface area contributed by atoms with Gasteiger partial charge < -0.3 is 5.11 Å². The summed E-state index contributed by atoms with van der Waals surface area (Å²) in [6.07, 6.45) is 3.28. The largest absolute Gasteiger partial charge is 0.478 e. The van der Waals surface area contributed by atoms with E-state index in [0.29, 0.717) is 11.5 Å². The van der Waals surface area contributed by atoms with Gasteiger partial charge in [0.15, 0.2) is 0 Å². The highest BCUT2D eigenvalue weighted by Crippen LogP contribution is 2.42. The van der Waals surface area contributed by atoms with Gasteiger partial charge in [-0.15, -0.1) is 0 Å². The van der Waals surface area contributed by atoms with Crippen LogP contribution < -0.4 is 0 Å². The normalized spacial score (nSPS) is 27.7. The van der Waals surface area contributed by atoms with E-state index < -0.39 is 11.4 Å². The molecule has 2 rings (SSSR count). The summed E-state index contributed by atoms with van der Waals surface area (Å²) in [5.41, 5.74) is 0.514. The van der Waals surface area contributed by atoms with Crippen LogP contribution in [0.5, 0.6) is 0 Å². The lowest BCUT2D eigenvalue weighted by Crippen LogP contribution is -2.34. The molecule has 0 amide bonds. The number of allylic oxidation sites excluding steroid dienone is 1. The highest BCUT2D eigenvalue weighted by molar-refractivity contribution is 5.90. The Morgan fingerprint density at radius 1 is 1.50 bits per heavy atom. The second-order valence-corrected chi connectivity index (χ2v) is 5.31. The third-order valence-corrected chi connectivity index (χ3v) is 3.77. The van der Waals surface area contributed by atoms with Crippen molar-refractivity contribution in [3.05, 3.63) is 47.3 Å². The zero-order chi connectivity index (χ0) is 13.3. The number of carboxylic acids is 1. The zero-order valence-electron chi connectivity index (χ0n) is 10.6. The first kappa shape index (κ1) is 12.8. The summed E-state index contributed by atoms with van der Waals surface area (Å²) in [4.78, 5) is 11.4. The van der Waals surface area contributed by atoms with Gasteiger partial charge in [-0.2, -0.15) is 0 Å². The Hall–Kier alpha value is -1.64. The molecule has 0 bridgehead atoms. The van der Waals surface area contributed by atoms with Crippen molar-refractivity contribution in [1.29, 1.82) is 0 Å². The van der Waals surface area contributed by atoms with E-state index in [9.17, 15) is 14.3 Å². The van der Waals surface area contributed by atoms with Crippen LogP contribution in [0.4, 0.5) is 4.39 Å². The van der Waals surface area contributed by atoms with Crippen molar-refractivity contribution >= 4 is 5.97 Å². The Balaban J connectivity index is 2.52. The van der Waals surface area contributed by atoms with Crippen LogP contribution in [0.15, 0.2) is 35.9 Å². The first-order valence-corrected chi connectivity index (χ1v) is 6.13. The molecule has 1 aliphatic rings. The predicted octanol–water partition coefficient (Wildman–Crippen LogP) is 3.52. The molecule has 1 aliphatic carbocycles. The lowest BCUT2D eigenvalue weighted by molar-refractivity contribution is -0.133. The average molecular weight is 248 g/mol. The molecule has 2 atom stereocenters. The van der Waals surface area contributed by atoms with E-state index >= 15 is 0 Å². The molecule has 0 aromatic heterocycles. The summed E-state index contributed by atoms with van der Waals surface area (Å²) in [5.74, 6) is -0.827. The maximum atomic E-state index is 13.4. The third-order valence-electron chi connectivity index (χ3n) is 3.77. The topological polar surface area (TPSA) is 37.3 Å². The monoisotopic (exact) mass is 248 g/mol. The van der Waals surface area contributed by atoms with E-state index in [0.717, 1.165) is 18.4 Å². The minimum absolute atomic E-state index is 0.323. The molecule has 0 fully saturated rings. The minimum Gasteiger partial charge on any atom is -0.478 e. The van der Waals surface area contributed by atoms with Crippen LogP contribution in [-0.4, -0.2) is 11.1 Å². The van der Waals surface area contributed by atoms with Crippen LogP contribution >= 0.6 is 0 Å². The van der Waals surface area contributed by atoms with Crippen LogP contribution in [0, 0.1) is 11.7 Å². The molecule has 3 heteroatoms.